The van der Waals surface area contributed by atoms with Gasteiger partial charge in [-0.1, -0.05) is 0 Å². The first-order valence-electron chi connectivity index (χ1n) is 6.78. The molecule has 3 heterocycles. The van der Waals surface area contributed by atoms with E-state index in [1.54, 1.807) is 29.9 Å². The number of aliphatic hydroxyl groups excluding tert-OH is 1. The average molecular weight is 304 g/mol. The summed E-state index contributed by atoms with van der Waals surface area (Å²) >= 11 is 1.32. The van der Waals surface area contributed by atoms with Gasteiger partial charge in [0, 0.05) is 44.0 Å². The molecule has 3 rings (SSSR count). The molecule has 1 aliphatic rings. The van der Waals surface area contributed by atoms with Crippen LogP contribution in [-0.2, 0) is 0 Å². The van der Waals surface area contributed by atoms with Gasteiger partial charge in [-0.05, 0) is 12.1 Å². The van der Waals surface area contributed by atoms with Crippen molar-refractivity contribution < 1.29 is 9.90 Å². The van der Waals surface area contributed by atoms with Crippen molar-refractivity contribution in [3.8, 4) is 0 Å². The highest BCUT2D eigenvalue weighted by molar-refractivity contribution is 7.11. The van der Waals surface area contributed by atoms with E-state index in [-0.39, 0.29) is 5.78 Å². The van der Waals surface area contributed by atoms with E-state index in [0.717, 1.165) is 6.54 Å². The molecule has 1 atom stereocenters. The highest BCUT2D eigenvalue weighted by Crippen LogP contribution is 2.22. The smallest absolute Gasteiger partial charge is 0.225 e. The molecule has 0 amide bonds. The second kappa shape index (κ2) is 6.30. The first-order valence-corrected chi connectivity index (χ1v) is 7.66. The van der Waals surface area contributed by atoms with Gasteiger partial charge in [-0.25, -0.2) is 9.97 Å². The third kappa shape index (κ3) is 3.10. The highest BCUT2D eigenvalue weighted by atomic mass is 32.1. The van der Waals surface area contributed by atoms with Crippen molar-refractivity contribution in [2.75, 3.05) is 31.1 Å². The van der Waals surface area contributed by atoms with Crippen LogP contribution in [0.3, 0.4) is 0 Å². The number of rotatable bonds is 3. The number of nitrogens with one attached hydrogen (secondary N) is 1. The number of carbonyl (C=O) groups excluding carboxylic acids is 1. The number of pyridine rings is 1. The standard InChI is InChI=1S/C14H16N4O2S/c19-10-8-15-4-6-18(9-10)13-11(2-1-3-16-13)12(20)14-17-5-7-21-14/h1-3,5,7,10,15,19H,4,6,8-9H2/t10-/m1/s1. The number of carbonyl (C=O) groups is 1. The highest BCUT2D eigenvalue weighted by Gasteiger charge is 2.23. The predicted octanol–water partition coefficient (Wildman–Crippen LogP) is 0.540. The summed E-state index contributed by atoms with van der Waals surface area (Å²) in [4.78, 5) is 22.9. The molecule has 0 aromatic carbocycles. The van der Waals surface area contributed by atoms with E-state index in [2.05, 4.69) is 15.3 Å². The number of thiazole rings is 1. The molecule has 0 saturated carbocycles. The lowest BCUT2D eigenvalue weighted by Crippen LogP contribution is -2.34. The first kappa shape index (κ1) is 14.1. The van der Waals surface area contributed by atoms with E-state index in [9.17, 15) is 9.90 Å². The van der Waals surface area contributed by atoms with Gasteiger partial charge in [0.2, 0.25) is 5.78 Å². The zero-order valence-electron chi connectivity index (χ0n) is 11.4. The molecule has 0 spiro atoms. The molecule has 21 heavy (non-hydrogen) atoms. The number of hydrogen-bond donors (Lipinski definition) is 2. The summed E-state index contributed by atoms with van der Waals surface area (Å²) in [6.07, 6.45) is 2.81. The molecule has 110 valence electrons. The molecule has 0 radical (unpaired) electrons. The van der Waals surface area contributed by atoms with Gasteiger partial charge in [-0.2, -0.15) is 0 Å². The Morgan fingerprint density at radius 2 is 2.33 bits per heavy atom. The average Bonchev–Trinajstić information content (AvgIpc) is 2.95. The normalized spacial score (nSPS) is 19.3. The molecular formula is C14H16N4O2S. The Morgan fingerprint density at radius 3 is 3.14 bits per heavy atom. The number of aromatic nitrogens is 2. The van der Waals surface area contributed by atoms with E-state index in [4.69, 9.17) is 0 Å². The van der Waals surface area contributed by atoms with Crippen molar-refractivity contribution in [1.82, 2.24) is 15.3 Å². The van der Waals surface area contributed by atoms with E-state index in [0.29, 0.717) is 36.0 Å². The monoisotopic (exact) mass is 304 g/mol. The molecule has 6 nitrogen and oxygen atoms in total. The molecule has 7 heteroatoms. The summed E-state index contributed by atoms with van der Waals surface area (Å²) in [7, 11) is 0. The maximum Gasteiger partial charge on any atom is 0.225 e. The van der Waals surface area contributed by atoms with Crippen LogP contribution in [0.15, 0.2) is 29.9 Å². The van der Waals surface area contributed by atoms with Crippen LogP contribution in [0, 0.1) is 0 Å². The fourth-order valence-corrected chi connectivity index (χ4v) is 2.95. The van der Waals surface area contributed by atoms with Crippen molar-refractivity contribution >= 4 is 22.9 Å². The van der Waals surface area contributed by atoms with Crippen LogP contribution in [-0.4, -0.2) is 53.1 Å². The van der Waals surface area contributed by atoms with E-state index in [1.165, 1.54) is 11.3 Å². The molecule has 0 unspecified atom stereocenters. The number of ketones is 1. The van der Waals surface area contributed by atoms with Gasteiger partial charge in [0.25, 0.3) is 0 Å². The van der Waals surface area contributed by atoms with Crippen LogP contribution in [0.5, 0.6) is 0 Å². The van der Waals surface area contributed by atoms with Crippen LogP contribution in [0.4, 0.5) is 5.82 Å². The fraction of sp³-hybridized carbons (Fsp3) is 0.357. The second-order valence-corrected chi connectivity index (χ2v) is 5.74. The van der Waals surface area contributed by atoms with Gasteiger partial charge >= 0.3 is 0 Å². The summed E-state index contributed by atoms with van der Waals surface area (Å²) in [5, 5.41) is 15.3. The van der Waals surface area contributed by atoms with Gasteiger partial charge in [0.05, 0.1) is 11.7 Å². The maximum atomic E-state index is 12.5. The lowest BCUT2D eigenvalue weighted by atomic mass is 10.1. The Kier molecular flexibility index (Phi) is 4.23. The van der Waals surface area contributed by atoms with Crippen molar-refractivity contribution in [1.29, 1.82) is 0 Å². The van der Waals surface area contributed by atoms with Crippen LogP contribution in [0.1, 0.15) is 15.4 Å². The zero-order chi connectivity index (χ0) is 14.7. The Morgan fingerprint density at radius 1 is 1.43 bits per heavy atom. The van der Waals surface area contributed by atoms with E-state index in [1.807, 2.05) is 4.90 Å². The molecule has 2 N–H and O–H groups in total. The Balaban J connectivity index is 1.93. The SMILES string of the molecule is O=C(c1nccs1)c1cccnc1N1CCNC[C@@H](O)C1. The van der Waals surface area contributed by atoms with Crippen molar-refractivity contribution in [3.05, 3.63) is 40.5 Å². The van der Waals surface area contributed by atoms with Gasteiger partial charge in [0.1, 0.15) is 5.82 Å². The largest absolute Gasteiger partial charge is 0.390 e. The van der Waals surface area contributed by atoms with Crippen LogP contribution in [0.2, 0.25) is 0 Å². The molecule has 1 aliphatic heterocycles. The summed E-state index contributed by atoms with van der Waals surface area (Å²) in [5.41, 5.74) is 0.529. The van der Waals surface area contributed by atoms with Crippen molar-refractivity contribution in [3.63, 3.8) is 0 Å². The van der Waals surface area contributed by atoms with E-state index >= 15 is 0 Å². The van der Waals surface area contributed by atoms with E-state index < -0.39 is 6.10 Å². The number of hydrogen-bond acceptors (Lipinski definition) is 7. The van der Waals surface area contributed by atoms with Gasteiger partial charge in [0.15, 0.2) is 5.01 Å². The topological polar surface area (TPSA) is 78.4 Å². The van der Waals surface area contributed by atoms with Gasteiger partial charge < -0.3 is 15.3 Å². The number of aliphatic hydroxyl groups is 1. The minimum absolute atomic E-state index is 0.125. The molecule has 2 aromatic heterocycles. The molecular weight excluding hydrogens is 288 g/mol. The summed E-state index contributed by atoms with van der Waals surface area (Å²) in [6, 6.07) is 3.51. The van der Waals surface area contributed by atoms with Gasteiger partial charge in [-0.15, -0.1) is 11.3 Å². The number of anilines is 1. The van der Waals surface area contributed by atoms with Crippen molar-refractivity contribution in [2.24, 2.45) is 0 Å². The number of nitrogens with zero attached hydrogens (tertiary/aromatic N) is 3. The lowest BCUT2D eigenvalue weighted by Gasteiger charge is -2.24. The zero-order valence-corrected chi connectivity index (χ0v) is 12.2. The number of β-amino-alcohol motifs (C(OH)–C–C–N with tert-alkyl or cyclic N) is 1. The van der Waals surface area contributed by atoms with Crippen LogP contribution < -0.4 is 10.2 Å². The molecule has 2 aromatic rings. The molecule has 0 aliphatic carbocycles. The quantitative estimate of drug-likeness (QED) is 0.806. The maximum absolute atomic E-state index is 12.5. The second-order valence-electron chi connectivity index (χ2n) is 4.84. The molecule has 1 saturated heterocycles. The van der Waals surface area contributed by atoms with Crippen molar-refractivity contribution in [2.45, 2.75) is 6.10 Å². The third-order valence-electron chi connectivity index (χ3n) is 3.33. The predicted molar refractivity (Wildman–Crippen MR) is 80.9 cm³/mol. The van der Waals surface area contributed by atoms with Crippen LogP contribution in [0.25, 0.3) is 0 Å². The van der Waals surface area contributed by atoms with Crippen LogP contribution >= 0.6 is 11.3 Å². The summed E-state index contributed by atoms with van der Waals surface area (Å²) in [6.45, 7) is 2.46. The Hall–Kier alpha value is -1.83. The lowest BCUT2D eigenvalue weighted by molar-refractivity contribution is 0.103. The molecule has 1 fully saturated rings. The summed E-state index contributed by atoms with van der Waals surface area (Å²) < 4.78 is 0. The fourth-order valence-electron chi connectivity index (χ4n) is 2.36. The Bertz CT molecular complexity index is 617. The Labute approximate surface area is 126 Å². The minimum Gasteiger partial charge on any atom is -0.390 e. The molecule has 0 bridgehead atoms. The first-order chi connectivity index (χ1) is 10.3. The van der Waals surface area contributed by atoms with Gasteiger partial charge in [-0.3, -0.25) is 4.79 Å². The minimum atomic E-state index is -0.475. The summed E-state index contributed by atoms with van der Waals surface area (Å²) in [5.74, 6) is 0.486. The third-order valence-corrected chi connectivity index (χ3v) is 4.10.